The van der Waals surface area contributed by atoms with Crippen molar-refractivity contribution in [1.29, 1.82) is 0 Å². The molecular formula is C47H46ClFN4O2. The van der Waals surface area contributed by atoms with Crippen molar-refractivity contribution in [2.75, 3.05) is 20.1 Å². The zero-order chi connectivity index (χ0) is 38.1. The molecule has 280 valence electrons. The molecule has 1 aromatic heterocycles. The van der Waals surface area contributed by atoms with Crippen LogP contribution in [0, 0.1) is 5.82 Å². The molecule has 6 aromatic rings. The van der Waals surface area contributed by atoms with E-state index >= 15 is 0 Å². The predicted octanol–water partition coefficient (Wildman–Crippen LogP) is 9.84. The third-order valence-electron chi connectivity index (χ3n) is 11.9. The van der Waals surface area contributed by atoms with Crippen LogP contribution in [0.4, 0.5) is 4.39 Å². The van der Waals surface area contributed by atoms with Gasteiger partial charge in [-0.15, -0.1) is 0 Å². The molecule has 2 heterocycles. The number of piperidine rings is 1. The average molecular weight is 753 g/mol. The fraction of sp³-hybridized carbons (Fsp3) is 0.277. The topological polar surface area (TPSA) is 57.6 Å². The monoisotopic (exact) mass is 752 g/mol. The van der Waals surface area contributed by atoms with E-state index in [1.807, 2.05) is 109 Å². The van der Waals surface area contributed by atoms with Gasteiger partial charge in [0, 0.05) is 59.1 Å². The molecule has 2 aliphatic rings. The molecule has 5 aromatic carbocycles. The summed E-state index contributed by atoms with van der Waals surface area (Å²) in [5.41, 5.74) is 6.35. The normalized spacial score (nSPS) is 18.1. The van der Waals surface area contributed by atoms with Crippen LogP contribution in [-0.2, 0) is 6.54 Å². The summed E-state index contributed by atoms with van der Waals surface area (Å²) in [5, 5.41) is 5.28. The number of nitrogens with zero attached hydrogens (tertiary/aromatic N) is 3. The molecule has 0 radical (unpaired) electrons. The number of fused-ring (bicyclic) bond motifs is 2. The number of rotatable bonds is 10. The summed E-state index contributed by atoms with van der Waals surface area (Å²) in [7, 11) is 2.22. The lowest BCUT2D eigenvalue weighted by molar-refractivity contribution is 0.0889. The largest absolute Gasteiger partial charge is 0.345 e. The molecule has 0 spiro atoms. The van der Waals surface area contributed by atoms with Gasteiger partial charge in [-0.25, -0.2) is 4.39 Å². The van der Waals surface area contributed by atoms with Crippen LogP contribution in [0.3, 0.4) is 0 Å². The summed E-state index contributed by atoms with van der Waals surface area (Å²) in [6.45, 7) is 4.14. The van der Waals surface area contributed by atoms with Crippen molar-refractivity contribution in [3.8, 4) is 5.69 Å². The van der Waals surface area contributed by atoms with Gasteiger partial charge < -0.3 is 5.32 Å². The minimum Gasteiger partial charge on any atom is -0.345 e. The molecule has 2 unspecified atom stereocenters. The van der Waals surface area contributed by atoms with Crippen LogP contribution in [-0.4, -0.2) is 46.5 Å². The highest BCUT2D eigenvalue weighted by Gasteiger charge is 2.39. The molecular weight excluding hydrogens is 707 g/mol. The van der Waals surface area contributed by atoms with Crippen LogP contribution in [0.2, 0.25) is 5.02 Å². The third-order valence-corrected chi connectivity index (χ3v) is 12.2. The van der Waals surface area contributed by atoms with Gasteiger partial charge >= 0.3 is 0 Å². The maximum atomic E-state index is 14.6. The molecule has 3 atom stereocenters. The molecule has 0 bridgehead atoms. The lowest BCUT2D eigenvalue weighted by Crippen LogP contribution is -2.45. The first-order chi connectivity index (χ1) is 26.8. The van der Waals surface area contributed by atoms with Gasteiger partial charge in [0.2, 0.25) is 0 Å². The minimum atomic E-state index is -0.240. The van der Waals surface area contributed by atoms with E-state index in [9.17, 15) is 14.0 Å². The van der Waals surface area contributed by atoms with Crippen molar-refractivity contribution >= 4 is 28.3 Å². The number of aromatic nitrogens is 1. The number of likely N-dealkylation sites (tertiary alicyclic amines) is 1. The number of carbonyl (C=O) groups is 1. The summed E-state index contributed by atoms with van der Waals surface area (Å²) in [6, 6.07) is 40.5. The van der Waals surface area contributed by atoms with Crippen molar-refractivity contribution < 1.29 is 9.18 Å². The number of hydrogen-bond acceptors (Lipinski definition) is 4. The van der Waals surface area contributed by atoms with Crippen molar-refractivity contribution in [2.24, 2.45) is 0 Å². The number of benzene rings is 5. The second-order valence-electron chi connectivity index (χ2n) is 15.0. The van der Waals surface area contributed by atoms with Crippen molar-refractivity contribution in [1.82, 2.24) is 19.7 Å². The standard InChI is InChI=1S/C47H46ClFN4O2/c1-3-41(32-13-6-4-7-14-32)50-46(54)45-36-17-10-11-18-37(36)47(55)53(35-15-8-5-9-16-35)43(45)30-52-27-25-34(26-28-52)51(2)42-29-39(31-21-23-33(49)24-22-31)44-38(42)19-12-20-40(44)48/h4-24,34,39,41-42H,3,25-30H2,1-2H3,(H,50,54)/t39?,41-,42?/m0/s1. The molecule has 0 saturated carbocycles. The number of nitrogens with one attached hydrogen (secondary N) is 1. The van der Waals surface area contributed by atoms with Crippen LogP contribution in [0.25, 0.3) is 16.5 Å². The molecule has 1 amide bonds. The molecule has 1 N–H and O–H groups in total. The Morgan fingerprint density at radius 2 is 1.51 bits per heavy atom. The van der Waals surface area contributed by atoms with Crippen molar-refractivity contribution in [3.05, 3.63) is 182 Å². The Balaban J connectivity index is 1.09. The Labute approximate surface area is 327 Å². The van der Waals surface area contributed by atoms with E-state index in [0.29, 0.717) is 34.6 Å². The summed E-state index contributed by atoms with van der Waals surface area (Å²) in [5.74, 6) is -0.329. The number of para-hydroxylation sites is 1. The minimum absolute atomic E-state index is 0.0956. The first-order valence-electron chi connectivity index (χ1n) is 19.4. The Hall–Kier alpha value is -5.08. The maximum Gasteiger partial charge on any atom is 0.263 e. The second-order valence-corrected chi connectivity index (χ2v) is 15.4. The summed E-state index contributed by atoms with van der Waals surface area (Å²) in [6.07, 6.45) is 3.47. The molecule has 1 aliphatic carbocycles. The second kappa shape index (κ2) is 16.0. The van der Waals surface area contributed by atoms with Crippen molar-refractivity contribution in [3.63, 3.8) is 0 Å². The Morgan fingerprint density at radius 1 is 0.855 bits per heavy atom. The quantitative estimate of drug-likeness (QED) is 0.151. The van der Waals surface area contributed by atoms with Gasteiger partial charge in [-0.3, -0.25) is 24.0 Å². The smallest absolute Gasteiger partial charge is 0.263 e. The van der Waals surface area contributed by atoms with E-state index in [-0.39, 0.29) is 35.3 Å². The zero-order valence-corrected chi connectivity index (χ0v) is 32.1. The number of halogens is 2. The molecule has 55 heavy (non-hydrogen) atoms. The van der Waals surface area contributed by atoms with E-state index in [4.69, 9.17) is 11.6 Å². The molecule has 6 nitrogen and oxygen atoms in total. The molecule has 8 rings (SSSR count). The predicted molar refractivity (Wildman–Crippen MR) is 220 cm³/mol. The fourth-order valence-electron chi connectivity index (χ4n) is 9.00. The lowest BCUT2D eigenvalue weighted by Gasteiger charge is -2.40. The number of pyridine rings is 1. The van der Waals surface area contributed by atoms with Crippen LogP contribution in [0.1, 0.15) is 88.9 Å². The van der Waals surface area contributed by atoms with Gasteiger partial charge in [-0.2, -0.15) is 0 Å². The molecule has 1 aliphatic heterocycles. The van der Waals surface area contributed by atoms with Gasteiger partial charge in [0.25, 0.3) is 11.5 Å². The Kier molecular flexibility index (Phi) is 10.7. The number of carbonyl (C=O) groups excluding carboxylic acids is 1. The van der Waals surface area contributed by atoms with E-state index < -0.39 is 0 Å². The average Bonchev–Trinajstić information content (AvgIpc) is 3.62. The highest BCUT2D eigenvalue weighted by molar-refractivity contribution is 6.31. The lowest BCUT2D eigenvalue weighted by atomic mass is 9.93. The first-order valence-corrected chi connectivity index (χ1v) is 19.8. The van der Waals surface area contributed by atoms with Gasteiger partial charge in [-0.1, -0.05) is 110 Å². The summed E-state index contributed by atoms with van der Waals surface area (Å²) >= 11 is 6.85. The van der Waals surface area contributed by atoms with Crippen LogP contribution in [0.5, 0.6) is 0 Å². The van der Waals surface area contributed by atoms with Crippen LogP contribution in [0.15, 0.2) is 132 Å². The first kappa shape index (κ1) is 36.9. The summed E-state index contributed by atoms with van der Waals surface area (Å²) < 4.78 is 15.6. The zero-order valence-electron chi connectivity index (χ0n) is 31.3. The van der Waals surface area contributed by atoms with E-state index in [0.717, 1.165) is 66.2 Å². The highest BCUT2D eigenvalue weighted by Crippen LogP contribution is 2.50. The summed E-state index contributed by atoms with van der Waals surface area (Å²) in [4.78, 5) is 33.9. The van der Waals surface area contributed by atoms with E-state index in [1.165, 1.54) is 17.7 Å². The Morgan fingerprint density at radius 3 is 2.20 bits per heavy atom. The maximum absolute atomic E-state index is 14.6. The van der Waals surface area contributed by atoms with Crippen molar-refractivity contribution in [2.45, 2.75) is 63.2 Å². The van der Waals surface area contributed by atoms with E-state index in [2.05, 4.69) is 35.2 Å². The van der Waals surface area contributed by atoms with E-state index in [1.54, 1.807) is 4.57 Å². The number of hydrogen-bond donors (Lipinski definition) is 1. The van der Waals surface area contributed by atoms with Gasteiger partial charge in [0.15, 0.2) is 0 Å². The Bertz CT molecular complexity index is 2360. The number of amides is 1. The third kappa shape index (κ3) is 7.25. The molecule has 1 saturated heterocycles. The fourth-order valence-corrected chi connectivity index (χ4v) is 9.32. The van der Waals surface area contributed by atoms with Gasteiger partial charge in [0.05, 0.1) is 17.3 Å². The SMILES string of the molecule is CC[C@H](NC(=O)c1c(CN2CCC(N(C)C3CC(c4ccc(F)cc4)c4c(Cl)cccc43)CC2)n(-c2ccccc2)c(=O)c2ccccc12)c1ccccc1. The van der Waals surface area contributed by atoms with Gasteiger partial charge in [-0.05, 0) is 91.4 Å². The van der Waals surface area contributed by atoms with Crippen LogP contribution >= 0.6 is 11.6 Å². The van der Waals surface area contributed by atoms with Crippen LogP contribution < -0.4 is 10.9 Å². The molecule has 1 fully saturated rings. The highest BCUT2D eigenvalue weighted by atomic mass is 35.5. The molecule has 8 heteroatoms. The van der Waals surface area contributed by atoms with Gasteiger partial charge in [0.1, 0.15) is 5.82 Å².